The first-order valence-electron chi connectivity index (χ1n) is 8.88. The fraction of sp³-hybridized carbons (Fsp3) is 0.526. The van der Waals surface area contributed by atoms with Gasteiger partial charge in [-0.05, 0) is 38.8 Å². The fourth-order valence-corrected chi connectivity index (χ4v) is 3.73. The van der Waals surface area contributed by atoms with E-state index in [1.165, 1.54) is 6.26 Å². The highest BCUT2D eigenvalue weighted by Gasteiger charge is 2.40. The number of carboxylic acids is 1. The van der Waals surface area contributed by atoms with Gasteiger partial charge in [-0.3, -0.25) is 14.4 Å². The third kappa shape index (κ3) is 3.52. The van der Waals surface area contributed by atoms with Gasteiger partial charge in [0.05, 0.1) is 18.1 Å². The molecule has 7 heteroatoms. The molecule has 2 amide bonds. The van der Waals surface area contributed by atoms with Gasteiger partial charge in [0, 0.05) is 26.2 Å². The van der Waals surface area contributed by atoms with Crippen molar-refractivity contribution in [2.75, 3.05) is 26.2 Å². The summed E-state index contributed by atoms with van der Waals surface area (Å²) in [6.07, 6.45) is 2.38. The first-order chi connectivity index (χ1) is 12.4. The van der Waals surface area contributed by atoms with Crippen LogP contribution in [0.2, 0.25) is 0 Å². The normalized spacial score (nSPS) is 23.9. The summed E-state index contributed by atoms with van der Waals surface area (Å²) in [6, 6.07) is 3.29. The minimum absolute atomic E-state index is 0.116. The SMILES string of the molecule is CC1=C(C)C[C@@H](C(=O)N2CCN(C(=O)c3ccco3)CC2)[C@H](C(=O)O)C1. The second-order valence-corrected chi connectivity index (χ2v) is 7.11. The summed E-state index contributed by atoms with van der Waals surface area (Å²) in [4.78, 5) is 40.2. The number of carboxylic acid groups (broad SMARTS) is 1. The van der Waals surface area contributed by atoms with E-state index in [0.29, 0.717) is 44.8 Å². The molecule has 1 N–H and O–H groups in total. The molecule has 7 nitrogen and oxygen atoms in total. The first-order valence-corrected chi connectivity index (χ1v) is 8.88. The number of carbonyl (C=O) groups is 3. The maximum Gasteiger partial charge on any atom is 0.307 e. The quantitative estimate of drug-likeness (QED) is 0.833. The maximum absolute atomic E-state index is 12.9. The number of carbonyl (C=O) groups excluding carboxylic acids is 2. The Morgan fingerprint density at radius 1 is 1.00 bits per heavy atom. The minimum atomic E-state index is -0.915. The average molecular weight is 360 g/mol. The van der Waals surface area contributed by atoms with Crippen LogP contribution in [0.25, 0.3) is 0 Å². The van der Waals surface area contributed by atoms with E-state index < -0.39 is 17.8 Å². The topological polar surface area (TPSA) is 91.1 Å². The third-order valence-corrected chi connectivity index (χ3v) is 5.51. The molecule has 1 fully saturated rings. The molecule has 1 saturated heterocycles. The number of piperazine rings is 1. The molecule has 0 unspecified atom stereocenters. The molecule has 3 rings (SSSR count). The van der Waals surface area contributed by atoms with E-state index in [1.54, 1.807) is 21.9 Å². The van der Waals surface area contributed by atoms with E-state index >= 15 is 0 Å². The van der Waals surface area contributed by atoms with Gasteiger partial charge in [0.15, 0.2) is 5.76 Å². The van der Waals surface area contributed by atoms with Crippen molar-refractivity contribution in [3.05, 3.63) is 35.3 Å². The Morgan fingerprint density at radius 2 is 1.58 bits per heavy atom. The van der Waals surface area contributed by atoms with E-state index in [-0.39, 0.29) is 11.8 Å². The van der Waals surface area contributed by atoms with Gasteiger partial charge >= 0.3 is 5.97 Å². The van der Waals surface area contributed by atoms with Crippen molar-refractivity contribution in [1.82, 2.24) is 9.80 Å². The number of rotatable bonds is 3. The number of amides is 2. The van der Waals surface area contributed by atoms with Crippen LogP contribution in [0.1, 0.15) is 37.2 Å². The molecule has 1 aliphatic carbocycles. The zero-order valence-corrected chi connectivity index (χ0v) is 15.1. The molecule has 0 bridgehead atoms. The maximum atomic E-state index is 12.9. The average Bonchev–Trinajstić information content (AvgIpc) is 3.17. The smallest absolute Gasteiger partial charge is 0.307 e. The van der Waals surface area contributed by atoms with Gasteiger partial charge < -0.3 is 19.3 Å². The standard InChI is InChI=1S/C19H24N2O5/c1-12-10-14(15(19(24)25)11-13(12)2)17(22)20-5-7-21(8-6-20)18(23)16-4-3-9-26-16/h3-4,9,14-15H,5-8,10-11H2,1-2H3,(H,24,25)/t14-,15-/m1/s1. The molecule has 2 heterocycles. The summed E-state index contributed by atoms with van der Waals surface area (Å²) in [5, 5.41) is 9.52. The molecule has 26 heavy (non-hydrogen) atoms. The van der Waals surface area contributed by atoms with Gasteiger partial charge in [0.25, 0.3) is 5.91 Å². The van der Waals surface area contributed by atoms with Crippen LogP contribution in [-0.4, -0.2) is 58.9 Å². The lowest BCUT2D eigenvalue weighted by atomic mass is 9.76. The van der Waals surface area contributed by atoms with Crippen molar-refractivity contribution in [3.8, 4) is 0 Å². The van der Waals surface area contributed by atoms with Crippen LogP contribution < -0.4 is 0 Å². The van der Waals surface area contributed by atoms with Gasteiger partial charge in [0.1, 0.15) is 0 Å². The van der Waals surface area contributed by atoms with Crippen LogP contribution in [0, 0.1) is 11.8 Å². The van der Waals surface area contributed by atoms with E-state index in [2.05, 4.69) is 0 Å². The fourth-order valence-electron chi connectivity index (χ4n) is 3.73. The summed E-state index contributed by atoms with van der Waals surface area (Å²) >= 11 is 0. The van der Waals surface area contributed by atoms with Gasteiger partial charge in [0.2, 0.25) is 5.91 Å². The highest BCUT2D eigenvalue weighted by atomic mass is 16.4. The molecule has 0 saturated carbocycles. The van der Waals surface area contributed by atoms with E-state index in [0.717, 1.165) is 11.1 Å². The Kier molecular flexibility index (Phi) is 5.15. The Balaban J connectivity index is 1.64. The Bertz CT molecular complexity index is 729. The lowest BCUT2D eigenvalue weighted by Gasteiger charge is -2.38. The number of aliphatic carboxylic acids is 1. The van der Waals surface area contributed by atoms with Gasteiger partial charge in [-0.25, -0.2) is 0 Å². The predicted molar refractivity (Wildman–Crippen MR) is 93.4 cm³/mol. The molecule has 2 atom stereocenters. The number of nitrogens with zero attached hydrogens (tertiary/aromatic N) is 2. The summed E-state index contributed by atoms with van der Waals surface area (Å²) < 4.78 is 5.14. The minimum Gasteiger partial charge on any atom is -0.481 e. The molecule has 140 valence electrons. The largest absolute Gasteiger partial charge is 0.481 e. The van der Waals surface area contributed by atoms with Gasteiger partial charge in [-0.2, -0.15) is 0 Å². The summed E-state index contributed by atoms with van der Waals surface area (Å²) in [5.74, 6) is -2.12. The zero-order chi connectivity index (χ0) is 18.8. The molecule has 1 aromatic heterocycles. The lowest BCUT2D eigenvalue weighted by molar-refractivity contribution is -0.151. The highest BCUT2D eigenvalue weighted by molar-refractivity contribution is 5.92. The number of hydrogen-bond donors (Lipinski definition) is 1. The number of furan rings is 1. The van der Waals surface area contributed by atoms with Crippen LogP contribution in [0.4, 0.5) is 0 Å². The van der Waals surface area contributed by atoms with Crippen molar-refractivity contribution >= 4 is 17.8 Å². The van der Waals surface area contributed by atoms with Crippen LogP contribution in [0.5, 0.6) is 0 Å². The second-order valence-electron chi connectivity index (χ2n) is 7.11. The highest BCUT2D eigenvalue weighted by Crippen LogP contribution is 2.35. The first kappa shape index (κ1) is 18.2. The van der Waals surface area contributed by atoms with E-state index in [9.17, 15) is 19.5 Å². The molecular formula is C19H24N2O5. The molecular weight excluding hydrogens is 336 g/mol. The predicted octanol–water partition coefficient (Wildman–Crippen LogP) is 2.01. The second kappa shape index (κ2) is 7.35. The monoisotopic (exact) mass is 360 g/mol. The van der Waals surface area contributed by atoms with Crippen molar-refractivity contribution in [3.63, 3.8) is 0 Å². The van der Waals surface area contributed by atoms with E-state index in [4.69, 9.17) is 4.42 Å². The summed E-state index contributed by atoms with van der Waals surface area (Å²) in [5.41, 5.74) is 2.17. The Hall–Kier alpha value is -2.57. The molecule has 1 aliphatic heterocycles. The Morgan fingerprint density at radius 3 is 2.12 bits per heavy atom. The zero-order valence-electron chi connectivity index (χ0n) is 15.1. The third-order valence-electron chi connectivity index (χ3n) is 5.51. The number of allylic oxidation sites excluding steroid dienone is 2. The molecule has 0 radical (unpaired) electrons. The summed E-state index contributed by atoms with van der Waals surface area (Å²) in [7, 11) is 0. The molecule has 1 aromatic rings. The van der Waals surface area contributed by atoms with Crippen LogP contribution >= 0.6 is 0 Å². The summed E-state index contributed by atoms with van der Waals surface area (Å²) in [6.45, 7) is 5.57. The molecule has 0 spiro atoms. The van der Waals surface area contributed by atoms with Crippen molar-refractivity contribution < 1.29 is 23.9 Å². The van der Waals surface area contributed by atoms with Crippen LogP contribution in [0.3, 0.4) is 0 Å². The van der Waals surface area contributed by atoms with Gasteiger partial charge in [-0.15, -0.1) is 0 Å². The van der Waals surface area contributed by atoms with Crippen molar-refractivity contribution in [1.29, 1.82) is 0 Å². The van der Waals surface area contributed by atoms with E-state index in [1.807, 2.05) is 13.8 Å². The molecule has 2 aliphatic rings. The lowest BCUT2D eigenvalue weighted by Crippen LogP contribution is -2.53. The van der Waals surface area contributed by atoms with Crippen molar-refractivity contribution in [2.45, 2.75) is 26.7 Å². The number of hydrogen-bond acceptors (Lipinski definition) is 4. The van der Waals surface area contributed by atoms with Crippen LogP contribution in [-0.2, 0) is 9.59 Å². The van der Waals surface area contributed by atoms with Crippen LogP contribution in [0.15, 0.2) is 34.0 Å². The Labute approximate surface area is 152 Å². The van der Waals surface area contributed by atoms with Gasteiger partial charge in [-0.1, -0.05) is 11.1 Å². The van der Waals surface area contributed by atoms with Crippen molar-refractivity contribution in [2.24, 2.45) is 11.8 Å². The molecule has 0 aromatic carbocycles.